The van der Waals surface area contributed by atoms with Gasteiger partial charge in [-0.15, -0.1) is 0 Å². The molecule has 0 bridgehead atoms. The van der Waals surface area contributed by atoms with E-state index in [9.17, 15) is 9.90 Å². The molecule has 0 fully saturated rings. The molecule has 0 aliphatic carbocycles. The van der Waals surface area contributed by atoms with Crippen molar-refractivity contribution in [3.8, 4) is 0 Å². The number of amides is 1. The highest BCUT2D eigenvalue weighted by molar-refractivity contribution is 5.78. The van der Waals surface area contributed by atoms with Crippen molar-refractivity contribution in [3.05, 3.63) is 65.5 Å². The van der Waals surface area contributed by atoms with Gasteiger partial charge >= 0.3 is 0 Å². The van der Waals surface area contributed by atoms with E-state index in [4.69, 9.17) is 0 Å². The Morgan fingerprint density at radius 1 is 1.18 bits per heavy atom. The molecule has 4 heteroatoms. The third kappa shape index (κ3) is 4.67. The van der Waals surface area contributed by atoms with Crippen LogP contribution in [-0.2, 0) is 11.2 Å². The van der Waals surface area contributed by atoms with Crippen LogP contribution in [-0.4, -0.2) is 22.5 Å². The van der Waals surface area contributed by atoms with Crippen molar-refractivity contribution >= 4 is 5.91 Å². The molecule has 4 nitrogen and oxygen atoms in total. The van der Waals surface area contributed by atoms with Gasteiger partial charge in [0.2, 0.25) is 5.91 Å². The molecule has 116 valence electrons. The fourth-order valence-electron chi connectivity index (χ4n) is 2.25. The topological polar surface area (TPSA) is 62.2 Å². The monoisotopic (exact) mass is 298 g/mol. The molecule has 0 saturated heterocycles. The van der Waals surface area contributed by atoms with Gasteiger partial charge in [0, 0.05) is 24.9 Å². The van der Waals surface area contributed by atoms with Crippen LogP contribution in [0.25, 0.3) is 0 Å². The molecule has 1 heterocycles. The third-order valence-corrected chi connectivity index (χ3v) is 3.67. The van der Waals surface area contributed by atoms with Crippen LogP contribution in [0.1, 0.15) is 29.7 Å². The van der Waals surface area contributed by atoms with Gasteiger partial charge in [0.05, 0.1) is 6.10 Å². The number of carbonyl (C=O) groups excluding carboxylic acids is 1. The molecular weight excluding hydrogens is 276 g/mol. The number of rotatable bonds is 6. The Morgan fingerprint density at radius 3 is 2.45 bits per heavy atom. The minimum absolute atomic E-state index is 0.0475. The molecule has 2 atom stereocenters. The second kappa shape index (κ2) is 7.71. The van der Waals surface area contributed by atoms with Crippen molar-refractivity contribution in [1.29, 1.82) is 0 Å². The zero-order valence-electron chi connectivity index (χ0n) is 13.0. The lowest BCUT2D eigenvalue weighted by Crippen LogP contribution is -2.33. The first kappa shape index (κ1) is 16.2. The first-order valence-electron chi connectivity index (χ1n) is 7.47. The summed E-state index contributed by atoms with van der Waals surface area (Å²) in [5.41, 5.74) is 3.10. The largest absolute Gasteiger partial charge is 0.387 e. The minimum Gasteiger partial charge on any atom is -0.387 e. The summed E-state index contributed by atoms with van der Waals surface area (Å²) in [5.74, 6) is -0.180. The van der Waals surface area contributed by atoms with Gasteiger partial charge in [0.15, 0.2) is 0 Å². The van der Waals surface area contributed by atoms with Gasteiger partial charge in [-0.2, -0.15) is 0 Å². The van der Waals surface area contributed by atoms with Crippen LogP contribution in [0.15, 0.2) is 48.8 Å². The third-order valence-electron chi connectivity index (χ3n) is 3.67. The van der Waals surface area contributed by atoms with E-state index in [0.717, 1.165) is 11.1 Å². The van der Waals surface area contributed by atoms with Gasteiger partial charge in [0.1, 0.15) is 0 Å². The molecule has 2 rings (SSSR count). The number of hydrogen-bond donors (Lipinski definition) is 2. The van der Waals surface area contributed by atoms with Crippen LogP contribution in [0.3, 0.4) is 0 Å². The number of pyridine rings is 1. The van der Waals surface area contributed by atoms with E-state index in [-0.39, 0.29) is 18.4 Å². The average molecular weight is 298 g/mol. The fourth-order valence-corrected chi connectivity index (χ4v) is 2.25. The zero-order chi connectivity index (χ0) is 15.9. The van der Waals surface area contributed by atoms with Crippen LogP contribution in [0.4, 0.5) is 0 Å². The van der Waals surface area contributed by atoms with E-state index in [0.29, 0.717) is 6.42 Å². The highest BCUT2D eigenvalue weighted by Gasteiger charge is 2.15. The summed E-state index contributed by atoms with van der Waals surface area (Å²) in [4.78, 5) is 16.0. The van der Waals surface area contributed by atoms with E-state index in [1.165, 1.54) is 5.56 Å². The van der Waals surface area contributed by atoms with Crippen molar-refractivity contribution in [2.24, 2.45) is 5.92 Å². The van der Waals surface area contributed by atoms with Crippen LogP contribution in [0, 0.1) is 12.8 Å². The first-order chi connectivity index (χ1) is 10.6. The first-order valence-corrected chi connectivity index (χ1v) is 7.47. The maximum absolute atomic E-state index is 12.1. The Morgan fingerprint density at radius 2 is 1.82 bits per heavy atom. The Balaban J connectivity index is 1.82. The minimum atomic E-state index is -0.710. The van der Waals surface area contributed by atoms with Crippen LogP contribution < -0.4 is 5.32 Å². The quantitative estimate of drug-likeness (QED) is 0.861. The van der Waals surface area contributed by atoms with Gasteiger partial charge < -0.3 is 10.4 Å². The number of aryl methyl sites for hydroxylation is 1. The Bertz CT molecular complexity index is 596. The number of nitrogens with one attached hydrogen (secondary N) is 1. The summed E-state index contributed by atoms with van der Waals surface area (Å²) in [6, 6.07) is 11.7. The van der Waals surface area contributed by atoms with Crippen molar-refractivity contribution in [2.45, 2.75) is 26.4 Å². The predicted octanol–water partition coefficient (Wildman–Crippen LogP) is 2.42. The van der Waals surface area contributed by atoms with Crippen molar-refractivity contribution in [2.75, 3.05) is 6.54 Å². The standard InChI is InChI=1S/C18H22N2O2/c1-13-3-5-15(6-4-13)11-14(2)18(22)20-12-17(21)16-7-9-19-10-8-16/h3-10,14,17,21H,11-12H2,1-2H3,(H,20,22). The normalized spacial score (nSPS) is 13.4. The predicted molar refractivity (Wildman–Crippen MR) is 86.3 cm³/mol. The Hall–Kier alpha value is -2.20. The van der Waals surface area contributed by atoms with Gasteiger partial charge in [-0.05, 0) is 36.6 Å². The summed E-state index contributed by atoms with van der Waals surface area (Å²) < 4.78 is 0. The van der Waals surface area contributed by atoms with Crippen LogP contribution in [0.2, 0.25) is 0 Å². The number of aromatic nitrogens is 1. The number of aliphatic hydroxyl groups excluding tert-OH is 1. The summed E-state index contributed by atoms with van der Waals surface area (Å²) in [7, 11) is 0. The van der Waals surface area contributed by atoms with Crippen molar-refractivity contribution < 1.29 is 9.90 Å². The molecule has 2 N–H and O–H groups in total. The lowest BCUT2D eigenvalue weighted by atomic mass is 9.99. The number of aliphatic hydroxyl groups is 1. The molecule has 2 unspecified atom stereocenters. The molecule has 0 radical (unpaired) electrons. The SMILES string of the molecule is Cc1ccc(CC(C)C(=O)NCC(O)c2ccncc2)cc1. The molecule has 0 saturated carbocycles. The summed E-state index contributed by atoms with van der Waals surface area (Å²) in [5, 5.41) is 12.8. The van der Waals surface area contributed by atoms with Crippen LogP contribution in [0.5, 0.6) is 0 Å². The number of carbonyl (C=O) groups is 1. The van der Waals surface area contributed by atoms with E-state index < -0.39 is 6.10 Å². The lowest BCUT2D eigenvalue weighted by Gasteiger charge is -2.15. The van der Waals surface area contributed by atoms with Gasteiger partial charge in [-0.25, -0.2) is 0 Å². The molecule has 1 amide bonds. The second-order valence-corrected chi connectivity index (χ2v) is 5.63. The highest BCUT2D eigenvalue weighted by Crippen LogP contribution is 2.12. The van der Waals surface area contributed by atoms with Gasteiger partial charge in [0.25, 0.3) is 0 Å². The summed E-state index contributed by atoms with van der Waals surface area (Å²) in [6.45, 7) is 4.15. The number of nitrogens with zero attached hydrogens (tertiary/aromatic N) is 1. The summed E-state index contributed by atoms with van der Waals surface area (Å²) in [6.07, 6.45) is 3.23. The summed E-state index contributed by atoms with van der Waals surface area (Å²) >= 11 is 0. The smallest absolute Gasteiger partial charge is 0.223 e. The van der Waals surface area contributed by atoms with E-state index >= 15 is 0 Å². The highest BCUT2D eigenvalue weighted by atomic mass is 16.3. The maximum atomic E-state index is 12.1. The second-order valence-electron chi connectivity index (χ2n) is 5.63. The Labute approximate surface area is 131 Å². The van der Waals surface area contributed by atoms with E-state index in [2.05, 4.69) is 10.3 Å². The molecule has 22 heavy (non-hydrogen) atoms. The van der Waals surface area contributed by atoms with Crippen molar-refractivity contribution in [3.63, 3.8) is 0 Å². The molecule has 2 aromatic rings. The molecule has 1 aromatic heterocycles. The molecule has 1 aromatic carbocycles. The Kier molecular flexibility index (Phi) is 5.67. The van der Waals surface area contributed by atoms with Crippen LogP contribution >= 0.6 is 0 Å². The lowest BCUT2D eigenvalue weighted by molar-refractivity contribution is -0.124. The fraction of sp³-hybridized carbons (Fsp3) is 0.333. The molecule has 0 aliphatic rings. The van der Waals surface area contributed by atoms with Gasteiger partial charge in [-0.1, -0.05) is 36.8 Å². The van der Waals surface area contributed by atoms with Crippen molar-refractivity contribution in [1.82, 2.24) is 10.3 Å². The molecule has 0 spiro atoms. The van der Waals surface area contributed by atoms with E-state index in [1.54, 1.807) is 24.5 Å². The maximum Gasteiger partial charge on any atom is 0.223 e. The zero-order valence-corrected chi connectivity index (χ0v) is 13.0. The van der Waals surface area contributed by atoms with E-state index in [1.807, 2.05) is 38.1 Å². The van der Waals surface area contributed by atoms with Gasteiger partial charge in [-0.3, -0.25) is 9.78 Å². The molecule has 0 aliphatic heterocycles. The molecular formula is C18H22N2O2. The number of benzene rings is 1. The number of hydrogen-bond acceptors (Lipinski definition) is 3. The average Bonchev–Trinajstić information content (AvgIpc) is 2.55.